The lowest BCUT2D eigenvalue weighted by atomic mass is 9.96. The maximum absolute atomic E-state index is 11.8. The molecule has 5 nitrogen and oxygen atoms in total. The van der Waals surface area contributed by atoms with E-state index >= 15 is 0 Å². The molecule has 3 rings (SSSR count). The van der Waals surface area contributed by atoms with Gasteiger partial charge in [0.1, 0.15) is 5.60 Å². The Bertz CT molecular complexity index is 726. The number of carbonyl (C=O) groups is 1. The Hall–Kier alpha value is -2.30. The number of nitrogens with zero attached hydrogens (tertiary/aromatic N) is 2. The van der Waals surface area contributed by atoms with Crippen molar-refractivity contribution >= 4 is 22.7 Å². The van der Waals surface area contributed by atoms with Gasteiger partial charge in [0, 0.05) is 36.9 Å². The number of amides is 1. The average Bonchev–Trinajstić information content (AvgIpc) is 2.58. The number of pyridine rings is 1. The first-order chi connectivity index (χ1) is 11.9. The van der Waals surface area contributed by atoms with Gasteiger partial charge < -0.3 is 15.0 Å². The van der Waals surface area contributed by atoms with Gasteiger partial charge in [0.2, 0.25) is 0 Å². The van der Waals surface area contributed by atoms with Gasteiger partial charge in [-0.3, -0.25) is 4.98 Å². The molecule has 5 heteroatoms. The van der Waals surface area contributed by atoms with Crippen molar-refractivity contribution in [2.45, 2.75) is 39.2 Å². The van der Waals surface area contributed by atoms with E-state index in [-0.39, 0.29) is 6.09 Å². The van der Waals surface area contributed by atoms with Crippen molar-refractivity contribution in [3.63, 3.8) is 0 Å². The lowest BCUT2D eigenvalue weighted by molar-refractivity contribution is 0.0517. The summed E-state index contributed by atoms with van der Waals surface area (Å²) in [6, 6.07) is 10.4. The van der Waals surface area contributed by atoms with Gasteiger partial charge >= 0.3 is 6.09 Å². The molecule has 0 radical (unpaired) electrons. The first-order valence-electron chi connectivity index (χ1n) is 8.98. The van der Waals surface area contributed by atoms with Gasteiger partial charge in [-0.25, -0.2) is 4.79 Å². The largest absolute Gasteiger partial charge is 0.444 e. The van der Waals surface area contributed by atoms with E-state index in [2.05, 4.69) is 39.5 Å². The zero-order valence-corrected chi connectivity index (χ0v) is 15.3. The molecule has 134 valence electrons. The number of alkyl carbamates (subject to hydrolysis) is 1. The molecule has 0 bridgehead atoms. The number of benzene rings is 1. The summed E-state index contributed by atoms with van der Waals surface area (Å²) in [5.41, 5.74) is 1.84. The Balaban J connectivity index is 1.54. The fourth-order valence-corrected chi connectivity index (χ4v) is 3.28. The third-order valence-corrected chi connectivity index (χ3v) is 4.52. The molecular weight excluding hydrogens is 314 g/mol. The van der Waals surface area contributed by atoms with E-state index in [4.69, 9.17) is 4.74 Å². The molecule has 0 spiro atoms. The molecule has 0 saturated carbocycles. The van der Waals surface area contributed by atoms with Crippen LogP contribution in [0.1, 0.15) is 33.6 Å². The SMILES string of the molecule is CC(C)(C)OC(=O)NCC1CCN(c2ccnc3ccccc23)CC1. The molecule has 0 aliphatic carbocycles. The number of nitrogens with one attached hydrogen (secondary N) is 1. The van der Waals surface area contributed by atoms with Crippen LogP contribution in [0.2, 0.25) is 0 Å². The van der Waals surface area contributed by atoms with Crippen LogP contribution in [0.3, 0.4) is 0 Å². The van der Waals surface area contributed by atoms with Crippen molar-refractivity contribution in [3.8, 4) is 0 Å². The number of ether oxygens (including phenoxy) is 1. The van der Waals surface area contributed by atoms with Gasteiger partial charge in [0.05, 0.1) is 5.52 Å². The van der Waals surface area contributed by atoms with Crippen molar-refractivity contribution < 1.29 is 9.53 Å². The molecule has 1 aromatic carbocycles. The smallest absolute Gasteiger partial charge is 0.407 e. The van der Waals surface area contributed by atoms with Crippen LogP contribution in [0.4, 0.5) is 10.5 Å². The monoisotopic (exact) mass is 341 g/mol. The zero-order valence-electron chi connectivity index (χ0n) is 15.3. The first-order valence-corrected chi connectivity index (χ1v) is 8.98. The van der Waals surface area contributed by atoms with Crippen molar-refractivity contribution in [2.24, 2.45) is 5.92 Å². The van der Waals surface area contributed by atoms with E-state index < -0.39 is 5.60 Å². The van der Waals surface area contributed by atoms with Gasteiger partial charge in [0.15, 0.2) is 0 Å². The highest BCUT2D eigenvalue weighted by Crippen LogP contribution is 2.29. The summed E-state index contributed by atoms with van der Waals surface area (Å²) in [4.78, 5) is 18.6. The van der Waals surface area contributed by atoms with Crippen molar-refractivity contribution in [1.82, 2.24) is 10.3 Å². The number of para-hydroxylation sites is 1. The fraction of sp³-hybridized carbons (Fsp3) is 0.500. The summed E-state index contributed by atoms with van der Waals surface area (Å²) < 4.78 is 5.30. The van der Waals surface area contributed by atoms with Gasteiger partial charge in [-0.05, 0) is 51.7 Å². The van der Waals surface area contributed by atoms with Crippen LogP contribution in [-0.4, -0.2) is 36.3 Å². The fourth-order valence-electron chi connectivity index (χ4n) is 3.28. The number of hydrogen-bond acceptors (Lipinski definition) is 4. The number of anilines is 1. The molecule has 1 amide bonds. The summed E-state index contributed by atoms with van der Waals surface area (Å²) in [7, 11) is 0. The second-order valence-corrected chi connectivity index (χ2v) is 7.66. The van der Waals surface area contributed by atoms with E-state index in [0.29, 0.717) is 12.5 Å². The van der Waals surface area contributed by atoms with Crippen LogP contribution in [0.15, 0.2) is 36.5 Å². The number of fused-ring (bicyclic) bond motifs is 1. The van der Waals surface area contributed by atoms with Crippen LogP contribution >= 0.6 is 0 Å². The summed E-state index contributed by atoms with van der Waals surface area (Å²) in [5.74, 6) is 0.497. The van der Waals surface area contributed by atoms with Gasteiger partial charge in [0.25, 0.3) is 0 Å². The molecular formula is C20H27N3O2. The highest BCUT2D eigenvalue weighted by Gasteiger charge is 2.22. The predicted octanol–water partition coefficient (Wildman–Crippen LogP) is 3.98. The van der Waals surface area contributed by atoms with Gasteiger partial charge in [-0.1, -0.05) is 18.2 Å². The maximum atomic E-state index is 11.8. The van der Waals surface area contributed by atoms with E-state index in [1.807, 2.05) is 33.0 Å². The predicted molar refractivity (Wildman–Crippen MR) is 101 cm³/mol. The molecule has 1 aliphatic rings. The first kappa shape index (κ1) is 17.5. The Morgan fingerprint density at radius 1 is 1.24 bits per heavy atom. The number of aromatic nitrogens is 1. The number of rotatable bonds is 3. The quantitative estimate of drug-likeness (QED) is 0.917. The summed E-state index contributed by atoms with van der Waals surface area (Å²) in [6.07, 6.45) is 3.68. The Kier molecular flexibility index (Phi) is 5.11. The normalized spacial score (nSPS) is 16.0. The summed E-state index contributed by atoms with van der Waals surface area (Å²) >= 11 is 0. The van der Waals surface area contributed by atoms with E-state index in [1.54, 1.807) is 0 Å². The highest BCUT2D eigenvalue weighted by molar-refractivity contribution is 5.91. The average molecular weight is 341 g/mol. The minimum Gasteiger partial charge on any atom is -0.444 e. The van der Waals surface area contributed by atoms with Crippen LogP contribution in [0.5, 0.6) is 0 Å². The van der Waals surface area contributed by atoms with Crippen LogP contribution in [-0.2, 0) is 4.74 Å². The van der Waals surface area contributed by atoms with Crippen molar-refractivity contribution in [2.75, 3.05) is 24.5 Å². The van der Waals surface area contributed by atoms with Gasteiger partial charge in [-0.15, -0.1) is 0 Å². The Morgan fingerprint density at radius 3 is 2.68 bits per heavy atom. The lowest BCUT2D eigenvalue weighted by Gasteiger charge is -2.34. The van der Waals surface area contributed by atoms with E-state index in [1.165, 1.54) is 11.1 Å². The molecule has 1 saturated heterocycles. The molecule has 0 unspecified atom stereocenters. The second kappa shape index (κ2) is 7.30. The standard InChI is InChI=1S/C20H27N3O2/c1-20(2,3)25-19(24)22-14-15-9-12-23(13-10-15)18-8-11-21-17-7-5-4-6-16(17)18/h4-8,11,15H,9-10,12-14H2,1-3H3,(H,22,24). The van der Waals surface area contributed by atoms with Gasteiger partial charge in [-0.2, -0.15) is 0 Å². The second-order valence-electron chi connectivity index (χ2n) is 7.66. The minimum atomic E-state index is -0.449. The molecule has 2 heterocycles. The lowest BCUT2D eigenvalue weighted by Crippen LogP contribution is -2.40. The zero-order chi connectivity index (χ0) is 17.9. The number of piperidine rings is 1. The van der Waals surface area contributed by atoms with Crippen molar-refractivity contribution in [1.29, 1.82) is 0 Å². The molecule has 1 fully saturated rings. The topological polar surface area (TPSA) is 54.5 Å². The molecule has 1 N–H and O–H groups in total. The minimum absolute atomic E-state index is 0.324. The molecule has 25 heavy (non-hydrogen) atoms. The highest BCUT2D eigenvalue weighted by atomic mass is 16.6. The van der Waals surface area contributed by atoms with Crippen LogP contribution in [0, 0.1) is 5.92 Å². The Labute approximate surface area is 149 Å². The Morgan fingerprint density at radius 2 is 1.96 bits per heavy atom. The van der Waals surface area contributed by atoms with E-state index in [9.17, 15) is 4.79 Å². The maximum Gasteiger partial charge on any atom is 0.407 e. The number of hydrogen-bond donors (Lipinski definition) is 1. The summed E-state index contributed by atoms with van der Waals surface area (Å²) in [5, 5.41) is 4.11. The third-order valence-electron chi connectivity index (χ3n) is 4.52. The van der Waals surface area contributed by atoms with Crippen molar-refractivity contribution in [3.05, 3.63) is 36.5 Å². The summed E-state index contributed by atoms with van der Waals surface area (Å²) in [6.45, 7) is 8.31. The molecule has 2 aromatic rings. The molecule has 1 aromatic heterocycles. The molecule has 1 aliphatic heterocycles. The van der Waals surface area contributed by atoms with Crippen LogP contribution < -0.4 is 10.2 Å². The van der Waals surface area contributed by atoms with E-state index in [0.717, 1.165) is 31.4 Å². The number of carbonyl (C=O) groups excluding carboxylic acids is 1. The molecule has 0 atom stereocenters. The third kappa shape index (κ3) is 4.62. The van der Waals surface area contributed by atoms with Crippen LogP contribution in [0.25, 0.3) is 10.9 Å².